The molecule has 30 heavy (non-hydrogen) atoms. The van der Waals surface area contributed by atoms with Gasteiger partial charge >= 0.3 is 0 Å². The monoisotopic (exact) mass is 428 g/mol. The lowest BCUT2D eigenvalue weighted by Gasteiger charge is -2.33. The van der Waals surface area contributed by atoms with Gasteiger partial charge in [-0.1, -0.05) is 35.5 Å². The van der Waals surface area contributed by atoms with Crippen molar-refractivity contribution in [1.29, 1.82) is 0 Å². The molecule has 1 amide bonds. The summed E-state index contributed by atoms with van der Waals surface area (Å²) in [6.45, 7) is 4.30. The van der Waals surface area contributed by atoms with Crippen molar-refractivity contribution in [3.8, 4) is 0 Å². The number of rotatable bonds is 6. The van der Waals surface area contributed by atoms with Crippen LogP contribution < -0.4 is 5.32 Å². The second-order valence-corrected chi connectivity index (χ2v) is 9.31. The first-order valence-corrected chi connectivity index (χ1v) is 11.3. The summed E-state index contributed by atoms with van der Waals surface area (Å²) in [7, 11) is -3.54. The number of fused-ring (bicyclic) bond motifs is 1. The number of aromatic nitrogens is 1. The topological polar surface area (TPSA) is 95.8 Å². The molecule has 3 aromatic rings. The number of aryl methyl sites for hydroxylation is 1. The maximum atomic E-state index is 13.0. The molecule has 8 nitrogen and oxygen atoms in total. The first kappa shape index (κ1) is 20.5. The largest absolute Gasteiger partial charge is 0.360 e. The Balaban J connectivity index is 1.31. The molecule has 2 aromatic carbocycles. The third-order valence-corrected chi connectivity index (χ3v) is 7.14. The van der Waals surface area contributed by atoms with Gasteiger partial charge < -0.3 is 14.7 Å². The number of benzene rings is 2. The van der Waals surface area contributed by atoms with Crippen LogP contribution in [0.25, 0.3) is 10.8 Å². The number of carbonyl (C=O) groups excluding carboxylic acids is 1. The number of nitrogens with one attached hydrogen (secondary N) is 1. The number of hydrogen-bond donors (Lipinski definition) is 1. The van der Waals surface area contributed by atoms with Gasteiger partial charge in [0.1, 0.15) is 5.76 Å². The van der Waals surface area contributed by atoms with Gasteiger partial charge in [0, 0.05) is 45.2 Å². The maximum absolute atomic E-state index is 13.0. The average molecular weight is 429 g/mol. The van der Waals surface area contributed by atoms with E-state index in [9.17, 15) is 13.2 Å². The molecule has 0 saturated carbocycles. The highest BCUT2D eigenvalue weighted by Gasteiger charge is 2.28. The second kappa shape index (κ2) is 8.55. The molecule has 0 aliphatic carbocycles. The quantitative estimate of drug-likeness (QED) is 0.648. The van der Waals surface area contributed by atoms with Crippen LogP contribution in [-0.4, -0.2) is 61.4 Å². The van der Waals surface area contributed by atoms with E-state index < -0.39 is 10.0 Å². The minimum absolute atomic E-state index is 0.144. The van der Waals surface area contributed by atoms with Crippen molar-refractivity contribution in [2.45, 2.75) is 18.2 Å². The van der Waals surface area contributed by atoms with Crippen LogP contribution in [0.15, 0.2) is 57.9 Å². The Labute approximate surface area is 175 Å². The Hall–Kier alpha value is -2.75. The van der Waals surface area contributed by atoms with E-state index in [-0.39, 0.29) is 5.91 Å². The summed E-state index contributed by atoms with van der Waals surface area (Å²) in [6, 6.07) is 14.6. The Morgan fingerprint density at radius 2 is 1.80 bits per heavy atom. The first-order valence-electron chi connectivity index (χ1n) is 9.86. The highest BCUT2D eigenvalue weighted by Crippen LogP contribution is 2.23. The zero-order valence-electron chi connectivity index (χ0n) is 16.7. The van der Waals surface area contributed by atoms with Crippen LogP contribution in [0.2, 0.25) is 0 Å². The highest BCUT2D eigenvalue weighted by molar-refractivity contribution is 7.89. The van der Waals surface area contributed by atoms with Crippen molar-refractivity contribution < 1.29 is 17.7 Å². The van der Waals surface area contributed by atoms with Crippen LogP contribution in [-0.2, 0) is 14.8 Å². The van der Waals surface area contributed by atoms with E-state index in [0.717, 1.165) is 10.8 Å². The van der Waals surface area contributed by atoms with Crippen LogP contribution in [0.1, 0.15) is 12.2 Å². The zero-order valence-corrected chi connectivity index (χ0v) is 17.6. The predicted molar refractivity (Wildman–Crippen MR) is 114 cm³/mol. The summed E-state index contributed by atoms with van der Waals surface area (Å²) in [5, 5.41) is 8.36. The molecule has 0 spiro atoms. The normalized spacial score (nSPS) is 16.0. The van der Waals surface area contributed by atoms with E-state index in [0.29, 0.717) is 55.6 Å². The van der Waals surface area contributed by atoms with E-state index in [2.05, 4.69) is 15.4 Å². The molecule has 1 N–H and O–H groups in total. The van der Waals surface area contributed by atoms with Gasteiger partial charge in [-0.25, -0.2) is 8.42 Å². The SMILES string of the molecule is Cc1cc(NC(=O)CCN2CCN(S(=O)(=O)c3ccc4ccccc4c3)CC2)no1. The van der Waals surface area contributed by atoms with Crippen LogP contribution in [0.3, 0.4) is 0 Å². The van der Waals surface area contributed by atoms with Gasteiger partial charge in [-0.3, -0.25) is 4.79 Å². The van der Waals surface area contributed by atoms with Crippen LogP contribution >= 0.6 is 0 Å². The second-order valence-electron chi connectivity index (χ2n) is 7.38. The van der Waals surface area contributed by atoms with Gasteiger partial charge in [-0.15, -0.1) is 0 Å². The summed E-state index contributed by atoms with van der Waals surface area (Å²) in [6.07, 6.45) is 0.309. The molecule has 1 fully saturated rings. The van der Waals surface area contributed by atoms with E-state index in [1.807, 2.05) is 30.3 Å². The molecule has 9 heteroatoms. The number of carbonyl (C=O) groups is 1. The lowest BCUT2D eigenvalue weighted by Crippen LogP contribution is -2.49. The van der Waals surface area contributed by atoms with E-state index in [1.165, 1.54) is 4.31 Å². The first-order chi connectivity index (χ1) is 14.4. The number of nitrogens with zero attached hydrogens (tertiary/aromatic N) is 3. The van der Waals surface area contributed by atoms with E-state index >= 15 is 0 Å². The van der Waals surface area contributed by atoms with Gasteiger partial charge in [0.25, 0.3) is 0 Å². The molecule has 4 rings (SSSR count). The minimum Gasteiger partial charge on any atom is -0.360 e. The van der Waals surface area contributed by atoms with Gasteiger partial charge in [-0.2, -0.15) is 4.31 Å². The molecule has 0 bridgehead atoms. The molecule has 0 radical (unpaired) electrons. The summed E-state index contributed by atoms with van der Waals surface area (Å²) in [5.74, 6) is 0.896. The molecule has 158 valence electrons. The third-order valence-electron chi connectivity index (χ3n) is 5.24. The molecular weight excluding hydrogens is 404 g/mol. The van der Waals surface area contributed by atoms with Gasteiger partial charge in [0.2, 0.25) is 15.9 Å². The molecule has 1 aliphatic heterocycles. The molecule has 1 saturated heterocycles. The highest BCUT2D eigenvalue weighted by atomic mass is 32.2. The smallest absolute Gasteiger partial charge is 0.243 e. The fourth-order valence-corrected chi connectivity index (χ4v) is 5.02. The van der Waals surface area contributed by atoms with E-state index in [1.54, 1.807) is 25.1 Å². The van der Waals surface area contributed by atoms with Gasteiger partial charge in [0.05, 0.1) is 4.90 Å². The predicted octanol–water partition coefficient (Wildman–Crippen LogP) is 2.47. The van der Waals surface area contributed by atoms with E-state index in [4.69, 9.17) is 4.52 Å². The van der Waals surface area contributed by atoms with Crippen molar-refractivity contribution in [1.82, 2.24) is 14.4 Å². The van der Waals surface area contributed by atoms with Crippen LogP contribution in [0.4, 0.5) is 5.82 Å². The molecule has 1 aliphatic rings. The number of sulfonamides is 1. The third kappa shape index (κ3) is 4.53. The summed E-state index contributed by atoms with van der Waals surface area (Å²) < 4.78 is 32.5. The van der Waals surface area contributed by atoms with Gasteiger partial charge in [-0.05, 0) is 29.8 Å². The summed E-state index contributed by atoms with van der Waals surface area (Å²) >= 11 is 0. The summed E-state index contributed by atoms with van der Waals surface area (Å²) in [4.78, 5) is 14.5. The Morgan fingerprint density at radius 3 is 2.50 bits per heavy atom. The number of piperazine rings is 1. The Morgan fingerprint density at radius 1 is 1.07 bits per heavy atom. The maximum Gasteiger partial charge on any atom is 0.243 e. The fourth-order valence-electron chi connectivity index (χ4n) is 3.56. The minimum atomic E-state index is -3.54. The molecule has 1 aromatic heterocycles. The number of anilines is 1. The molecule has 0 atom stereocenters. The zero-order chi connectivity index (χ0) is 21.1. The lowest BCUT2D eigenvalue weighted by molar-refractivity contribution is -0.116. The van der Waals surface area contributed by atoms with Crippen molar-refractivity contribution in [3.05, 3.63) is 54.3 Å². The van der Waals surface area contributed by atoms with Crippen molar-refractivity contribution in [2.75, 3.05) is 38.0 Å². The lowest BCUT2D eigenvalue weighted by atomic mass is 10.1. The van der Waals surface area contributed by atoms with Crippen molar-refractivity contribution in [2.24, 2.45) is 0 Å². The van der Waals surface area contributed by atoms with Gasteiger partial charge in [0.15, 0.2) is 5.82 Å². The van der Waals surface area contributed by atoms with Crippen LogP contribution in [0.5, 0.6) is 0 Å². The number of hydrogen-bond acceptors (Lipinski definition) is 6. The number of amides is 1. The molecular formula is C21H24N4O4S. The molecule has 2 heterocycles. The average Bonchev–Trinajstić information content (AvgIpc) is 3.16. The standard InChI is InChI=1S/C21H24N4O4S/c1-16-14-20(23-29-16)22-21(26)8-9-24-10-12-25(13-11-24)30(27,28)19-7-6-17-4-2-3-5-18(17)15-19/h2-7,14-15H,8-13H2,1H3,(H,22,23,26). The Bertz CT molecular complexity index is 1150. The summed E-state index contributed by atoms with van der Waals surface area (Å²) in [5.41, 5.74) is 0. The fraction of sp³-hybridized carbons (Fsp3) is 0.333. The molecule has 0 unspecified atom stereocenters. The van der Waals surface area contributed by atoms with Crippen LogP contribution in [0, 0.1) is 6.92 Å². The Kier molecular flexibility index (Phi) is 5.85. The van der Waals surface area contributed by atoms with Crippen molar-refractivity contribution >= 4 is 32.5 Å². The van der Waals surface area contributed by atoms with Crippen molar-refractivity contribution in [3.63, 3.8) is 0 Å².